The lowest BCUT2D eigenvalue weighted by Gasteiger charge is -2.47. The van der Waals surface area contributed by atoms with Crippen molar-refractivity contribution in [2.75, 3.05) is 58.9 Å². The van der Waals surface area contributed by atoms with Gasteiger partial charge in [0, 0.05) is 51.4 Å². The van der Waals surface area contributed by atoms with Gasteiger partial charge in [-0.05, 0) is 51.2 Å². The van der Waals surface area contributed by atoms with E-state index in [2.05, 4.69) is 33.9 Å². The normalized spacial score (nSPS) is 35.5. The van der Waals surface area contributed by atoms with E-state index in [9.17, 15) is 0 Å². The largest absolute Gasteiger partial charge is 0.315 e. The van der Waals surface area contributed by atoms with Crippen LogP contribution in [-0.2, 0) is 0 Å². The summed E-state index contributed by atoms with van der Waals surface area (Å²) in [5.41, 5.74) is 0. The van der Waals surface area contributed by atoms with Gasteiger partial charge in [0.25, 0.3) is 0 Å². The Morgan fingerprint density at radius 1 is 0.957 bits per heavy atom. The van der Waals surface area contributed by atoms with E-state index in [4.69, 9.17) is 0 Å². The smallest absolute Gasteiger partial charge is 0.0262 e. The summed E-state index contributed by atoms with van der Waals surface area (Å²) in [4.78, 5) is 8.24. The number of piperidine rings is 2. The van der Waals surface area contributed by atoms with E-state index in [1.54, 1.807) is 0 Å². The van der Waals surface area contributed by atoms with E-state index >= 15 is 0 Å². The minimum atomic E-state index is 0.766. The Kier molecular flexibility index (Phi) is 6.75. The maximum absolute atomic E-state index is 3.68. The van der Waals surface area contributed by atoms with Gasteiger partial charge in [0.2, 0.25) is 0 Å². The minimum absolute atomic E-state index is 0.766. The number of piperazine rings is 1. The molecule has 0 aromatic carbocycles. The van der Waals surface area contributed by atoms with Crippen molar-refractivity contribution in [3.63, 3.8) is 0 Å². The Labute approximate surface area is 143 Å². The number of hydrogen-bond acceptors (Lipinski definition) is 4. The Morgan fingerprint density at radius 3 is 2.52 bits per heavy atom. The lowest BCUT2D eigenvalue weighted by atomic mass is 9.88. The monoisotopic (exact) mass is 322 g/mol. The predicted molar refractivity (Wildman–Crippen MR) is 98.0 cm³/mol. The van der Waals surface area contributed by atoms with Gasteiger partial charge in [-0.2, -0.15) is 0 Å². The highest BCUT2D eigenvalue weighted by Gasteiger charge is 2.34. The molecule has 1 N–H and O–H groups in total. The zero-order chi connectivity index (χ0) is 16.1. The molecule has 0 aromatic heterocycles. The van der Waals surface area contributed by atoms with Crippen LogP contribution in [0.4, 0.5) is 0 Å². The summed E-state index contributed by atoms with van der Waals surface area (Å²) in [6.45, 7) is 16.1. The fourth-order valence-electron chi connectivity index (χ4n) is 5.01. The molecule has 23 heavy (non-hydrogen) atoms. The molecule has 0 radical (unpaired) electrons. The van der Waals surface area contributed by atoms with E-state index in [-0.39, 0.29) is 0 Å². The minimum Gasteiger partial charge on any atom is -0.315 e. The molecule has 0 saturated carbocycles. The SMILES string of the molecule is CCC1CCCCN1CC1CCNCC1N1CCN(CC)CC1. The molecule has 4 heteroatoms. The van der Waals surface area contributed by atoms with E-state index < -0.39 is 0 Å². The molecule has 0 amide bonds. The highest BCUT2D eigenvalue weighted by atomic mass is 15.3. The summed E-state index contributed by atoms with van der Waals surface area (Å²) in [6.07, 6.45) is 7.00. The van der Waals surface area contributed by atoms with Crippen LogP contribution in [0.1, 0.15) is 46.0 Å². The fraction of sp³-hybridized carbons (Fsp3) is 1.00. The Balaban J connectivity index is 1.57. The maximum atomic E-state index is 3.68. The van der Waals surface area contributed by atoms with Crippen molar-refractivity contribution in [3.05, 3.63) is 0 Å². The van der Waals surface area contributed by atoms with E-state index in [1.165, 1.54) is 91.0 Å². The number of nitrogens with zero attached hydrogens (tertiary/aromatic N) is 3. The first kappa shape index (κ1) is 17.7. The number of likely N-dealkylation sites (tertiary alicyclic amines) is 1. The molecular formula is C19H38N4. The predicted octanol–water partition coefficient (Wildman–Crippen LogP) is 1.87. The molecule has 3 atom stereocenters. The van der Waals surface area contributed by atoms with Crippen LogP contribution in [0.5, 0.6) is 0 Å². The molecule has 0 aliphatic carbocycles. The van der Waals surface area contributed by atoms with Gasteiger partial charge in [-0.15, -0.1) is 0 Å². The number of nitrogens with one attached hydrogen (secondary N) is 1. The van der Waals surface area contributed by atoms with Crippen LogP contribution >= 0.6 is 0 Å². The quantitative estimate of drug-likeness (QED) is 0.834. The second-order valence-corrected chi connectivity index (χ2v) is 7.84. The van der Waals surface area contributed by atoms with Gasteiger partial charge >= 0.3 is 0 Å². The van der Waals surface area contributed by atoms with Crippen LogP contribution < -0.4 is 5.32 Å². The first-order chi connectivity index (χ1) is 11.3. The fourth-order valence-corrected chi connectivity index (χ4v) is 5.01. The van der Waals surface area contributed by atoms with Crippen molar-refractivity contribution >= 4 is 0 Å². The highest BCUT2D eigenvalue weighted by Crippen LogP contribution is 2.26. The molecule has 3 saturated heterocycles. The zero-order valence-electron chi connectivity index (χ0n) is 15.5. The van der Waals surface area contributed by atoms with Gasteiger partial charge in [-0.1, -0.05) is 20.3 Å². The van der Waals surface area contributed by atoms with Crippen molar-refractivity contribution in [2.45, 2.75) is 58.0 Å². The van der Waals surface area contributed by atoms with Crippen LogP contribution in [-0.4, -0.2) is 85.7 Å². The molecule has 0 bridgehead atoms. The number of rotatable bonds is 5. The van der Waals surface area contributed by atoms with E-state index in [0.29, 0.717) is 0 Å². The molecular weight excluding hydrogens is 284 g/mol. The average molecular weight is 323 g/mol. The van der Waals surface area contributed by atoms with Crippen molar-refractivity contribution < 1.29 is 0 Å². The van der Waals surface area contributed by atoms with Gasteiger partial charge < -0.3 is 15.1 Å². The molecule has 0 aromatic rings. The van der Waals surface area contributed by atoms with Crippen LogP contribution in [0.2, 0.25) is 0 Å². The van der Waals surface area contributed by atoms with Crippen LogP contribution in [0, 0.1) is 5.92 Å². The maximum Gasteiger partial charge on any atom is 0.0262 e. The first-order valence-corrected chi connectivity index (χ1v) is 10.2. The van der Waals surface area contributed by atoms with Crippen molar-refractivity contribution in [1.82, 2.24) is 20.0 Å². The third kappa shape index (κ3) is 4.47. The molecule has 4 nitrogen and oxygen atoms in total. The standard InChI is InChI=1S/C19H38N4/c1-3-18-7-5-6-10-23(18)16-17-8-9-20-15-19(17)22-13-11-21(4-2)12-14-22/h17-20H,3-16H2,1-2H3. The van der Waals surface area contributed by atoms with Crippen molar-refractivity contribution in [3.8, 4) is 0 Å². The second-order valence-electron chi connectivity index (χ2n) is 7.84. The molecule has 3 aliphatic heterocycles. The van der Waals surface area contributed by atoms with Gasteiger partial charge in [-0.3, -0.25) is 4.90 Å². The van der Waals surface area contributed by atoms with Crippen LogP contribution in [0.15, 0.2) is 0 Å². The van der Waals surface area contributed by atoms with Gasteiger partial charge in [0.1, 0.15) is 0 Å². The molecule has 3 fully saturated rings. The molecule has 3 rings (SSSR count). The molecule has 134 valence electrons. The summed E-state index contributed by atoms with van der Waals surface area (Å²) < 4.78 is 0. The van der Waals surface area contributed by atoms with Crippen LogP contribution in [0.3, 0.4) is 0 Å². The zero-order valence-corrected chi connectivity index (χ0v) is 15.5. The molecule has 3 heterocycles. The number of likely N-dealkylation sites (N-methyl/N-ethyl adjacent to an activating group) is 1. The van der Waals surface area contributed by atoms with Gasteiger partial charge in [-0.25, -0.2) is 0 Å². The van der Waals surface area contributed by atoms with Crippen molar-refractivity contribution in [2.24, 2.45) is 5.92 Å². The third-order valence-corrected chi connectivity index (χ3v) is 6.60. The first-order valence-electron chi connectivity index (χ1n) is 10.2. The Bertz CT molecular complexity index is 340. The summed E-state index contributed by atoms with van der Waals surface area (Å²) in [5.74, 6) is 0.872. The van der Waals surface area contributed by atoms with Crippen LogP contribution in [0.25, 0.3) is 0 Å². The average Bonchev–Trinajstić information content (AvgIpc) is 2.63. The Morgan fingerprint density at radius 2 is 1.78 bits per heavy atom. The molecule has 3 unspecified atom stereocenters. The van der Waals surface area contributed by atoms with Gasteiger partial charge in [0.05, 0.1) is 0 Å². The topological polar surface area (TPSA) is 21.8 Å². The molecule has 3 aliphatic rings. The summed E-state index contributed by atoms with van der Waals surface area (Å²) in [7, 11) is 0. The van der Waals surface area contributed by atoms with E-state index in [1.807, 2.05) is 0 Å². The lowest BCUT2D eigenvalue weighted by Crippen LogP contribution is -2.59. The summed E-state index contributed by atoms with van der Waals surface area (Å²) >= 11 is 0. The summed E-state index contributed by atoms with van der Waals surface area (Å²) in [5, 5.41) is 3.68. The highest BCUT2D eigenvalue weighted by molar-refractivity contribution is 4.91. The second kappa shape index (κ2) is 8.80. The van der Waals surface area contributed by atoms with E-state index in [0.717, 1.165) is 18.0 Å². The summed E-state index contributed by atoms with van der Waals surface area (Å²) in [6, 6.07) is 1.62. The Hall–Kier alpha value is -0.160. The third-order valence-electron chi connectivity index (χ3n) is 6.60. The van der Waals surface area contributed by atoms with Gasteiger partial charge in [0.15, 0.2) is 0 Å². The number of hydrogen-bond donors (Lipinski definition) is 1. The van der Waals surface area contributed by atoms with Crippen molar-refractivity contribution in [1.29, 1.82) is 0 Å². The molecule has 0 spiro atoms. The lowest BCUT2D eigenvalue weighted by molar-refractivity contribution is 0.0309.